The lowest BCUT2D eigenvalue weighted by Gasteiger charge is -2.25. The number of carbonyl (C=O) groups is 1. The largest absolute Gasteiger partial charge is 0.497 e. The highest BCUT2D eigenvalue weighted by molar-refractivity contribution is 7.10. The van der Waals surface area contributed by atoms with Crippen LogP contribution in [-0.4, -0.2) is 46.9 Å². The molecule has 1 N–H and O–H groups in total. The Bertz CT molecular complexity index is 642. The molecule has 3 rings (SSSR count). The molecule has 1 aromatic heterocycles. The zero-order valence-electron chi connectivity index (χ0n) is 13.5. The molecular formula is C16H20N4O3S. The van der Waals surface area contributed by atoms with Crippen LogP contribution in [0.25, 0.3) is 0 Å². The average molecular weight is 348 g/mol. The summed E-state index contributed by atoms with van der Waals surface area (Å²) in [6, 6.07) is 7.54. The van der Waals surface area contributed by atoms with E-state index in [2.05, 4.69) is 14.9 Å². The summed E-state index contributed by atoms with van der Waals surface area (Å²) in [5, 5.41) is 7.21. The summed E-state index contributed by atoms with van der Waals surface area (Å²) in [5.74, 6) is 0.796. The van der Waals surface area contributed by atoms with Crippen molar-refractivity contribution < 1.29 is 14.3 Å². The molecule has 1 aliphatic rings. The molecule has 0 radical (unpaired) electrons. The lowest BCUT2D eigenvalue weighted by atomic mass is 10.2. The van der Waals surface area contributed by atoms with Gasteiger partial charge in [0.2, 0.25) is 0 Å². The number of anilines is 1. The van der Waals surface area contributed by atoms with E-state index in [1.165, 1.54) is 0 Å². The molecule has 1 atom stereocenters. The molecule has 1 aromatic carbocycles. The number of urea groups is 1. The van der Waals surface area contributed by atoms with Crippen molar-refractivity contribution in [2.45, 2.75) is 25.5 Å². The van der Waals surface area contributed by atoms with Crippen molar-refractivity contribution >= 4 is 22.6 Å². The lowest BCUT2D eigenvalue weighted by molar-refractivity contribution is 0.0819. The third kappa shape index (κ3) is 4.42. The van der Waals surface area contributed by atoms with E-state index < -0.39 is 0 Å². The Labute approximate surface area is 144 Å². The molecule has 1 aliphatic heterocycles. The minimum absolute atomic E-state index is 0.0913. The molecule has 0 aliphatic carbocycles. The minimum Gasteiger partial charge on any atom is -0.497 e. The first-order chi connectivity index (χ1) is 11.7. The van der Waals surface area contributed by atoms with Gasteiger partial charge in [0.05, 0.1) is 19.4 Å². The molecule has 0 bridgehead atoms. The first-order valence-electron chi connectivity index (χ1n) is 7.82. The summed E-state index contributed by atoms with van der Waals surface area (Å²) in [4.78, 5) is 14.4. The molecular weight excluding hydrogens is 328 g/mol. The quantitative estimate of drug-likeness (QED) is 0.869. The van der Waals surface area contributed by atoms with Crippen molar-refractivity contribution in [1.29, 1.82) is 0 Å². The Kier molecular flexibility index (Phi) is 5.60. The van der Waals surface area contributed by atoms with Crippen molar-refractivity contribution in [3.63, 3.8) is 0 Å². The Morgan fingerprint density at radius 1 is 1.46 bits per heavy atom. The fraction of sp³-hybridized carbons (Fsp3) is 0.438. The van der Waals surface area contributed by atoms with Gasteiger partial charge >= 0.3 is 6.03 Å². The summed E-state index contributed by atoms with van der Waals surface area (Å²) < 4.78 is 14.6. The number of methoxy groups -OCH3 is 1. The van der Waals surface area contributed by atoms with E-state index in [-0.39, 0.29) is 12.1 Å². The number of aromatic nitrogens is 2. The highest BCUT2D eigenvalue weighted by atomic mass is 32.1. The normalized spacial score (nSPS) is 16.8. The van der Waals surface area contributed by atoms with E-state index in [4.69, 9.17) is 9.47 Å². The van der Waals surface area contributed by atoms with Gasteiger partial charge in [-0.3, -0.25) is 5.32 Å². The van der Waals surface area contributed by atoms with Gasteiger partial charge in [-0.1, -0.05) is 16.6 Å². The number of hydrogen-bond donors (Lipinski definition) is 1. The maximum Gasteiger partial charge on any atom is 0.322 e. The number of carbonyl (C=O) groups excluding carboxylic acids is 1. The van der Waals surface area contributed by atoms with Crippen LogP contribution in [0.3, 0.4) is 0 Å². The maximum atomic E-state index is 12.6. The third-order valence-corrected chi connectivity index (χ3v) is 4.44. The van der Waals surface area contributed by atoms with Crippen LogP contribution in [0.4, 0.5) is 9.80 Å². The number of benzene rings is 1. The zero-order valence-corrected chi connectivity index (χ0v) is 14.3. The predicted octanol–water partition coefficient (Wildman–Crippen LogP) is 2.76. The molecule has 128 valence electrons. The van der Waals surface area contributed by atoms with Gasteiger partial charge < -0.3 is 14.4 Å². The van der Waals surface area contributed by atoms with E-state index in [1.807, 2.05) is 24.3 Å². The highest BCUT2D eigenvalue weighted by Gasteiger charge is 2.23. The molecule has 2 heterocycles. The van der Waals surface area contributed by atoms with Crippen LogP contribution in [0.5, 0.6) is 5.75 Å². The van der Waals surface area contributed by atoms with Gasteiger partial charge in [-0.05, 0) is 30.5 Å². The van der Waals surface area contributed by atoms with Crippen LogP contribution in [0.2, 0.25) is 0 Å². The molecule has 7 nitrogen and oxygen atoms in total. The fourth-order valence-electron chi connectivity index (χ4n) is 2.61. The van der Waals surface area contributed by atoms with Crippen LogP contribution in [0.1, 0.15) is 18.4 Å². The SMILES string of the molecule is COc1ccc(CN(C[C@@H]2CCCO2)C(=O)Nc2cnns2)cc1. The van der Waals surface area contributed by atoms with E-state index in [9.17, 15) is 4.79 Å². The van der Waals surface area contributed by atoms with Crippen LogP contribution >= 0.6 is 11.5 Å². The molecule has 0 saturated carbocycles. The monoisotopic (exact) mass is 348 g/mol. The predicted molar refractivity (Wildman–Crippen MR) is 91.3 cm³/mol. The Hall–Kier alpha value is -2.19. The van der Waals surface area contributed by atoms with Gasteiger partial charge in [0, 0.05) is 31.2 Å². The highest BCUT2D eigenvalue weighted by Crippen LogP contribution is 2.18. The molecule has 8 heteroatoms. The second kappa shape index (κ2) is 8.07. The fourth-order valence-corrected chi connectivity index (χ4v) is 3.02. The van der Waals surface area contributed by atoms with Crippen LogP contribution in [0.15, 0.2) is 30.5 Å². The van der Waals surface area contributed by atoms with Crippen molar-refractivity contribution in [2.75, 3.05) is 25.6 Å². The number of amides is 2. The number of ether oxygens (including phenoxy) is 2. The van der Waals surface area contributed by atoms with Gasteiger partial charge in [0.1, 0.15) is 10.8 Å². The van der Waals surface area contributed by atoms with Crippen LogP contribution < -0.4 is 10.1 Å². The van der Waals surface area contributed by atoms with E-state index >= 15 is 0 Å². The maximum absolute atomic E-state index is 12.6. The molecule has 24 heavy (non-hydrogen) atoms. The lowest BCUT2D eigenvalue weighted by Crippen LogP contribution is -2.39. The topological polar surface area (TPSA) is 76.6 Å². The standard InChI is InChI=1S/C16H20N4O3S/c1-22-13-6-4-12(5-7-13)10-20(11-14-3-2-8-23-14)16(21)18-15-9-17-19-24-15/h4-7,9,14H,2-3,8,10-11H2,1H3,(H,18,21)/t14-/m0/s1. The molecule has 2 aromatic rings. The molecule has 0 unspecified atom stereocenters. The number of hydrogen-bond acceptors (Lipinski definition) is 6. The molecule has 2 amide bonds. The second-order valence-electron chi connectivity index (χ2n) is 5.58. The summed E-state index contributed by atoms with van der Waals surface area (Å²) >= 11 is 1.16. The summed E-state index contributed by atoms with van der Waals surface area (Å²) in [6.45, 7) is 1.83. The van der Waals surface area contributed by atoms with Crippen LogP contribution in [0, 0.1) is 0 Å². The first-order valence-corrected chi connectivity index (χ1v) is 8.60. The number of rotatable bonds is 6. The van der Waals surface area contributed by atoms with Crippen molar-refractivity contribution in [3.8, 4) is 5.75 Å². The van der Waals surface area contributed by atoms with Crippen LogP contribution in [-0.2, 0) is 11.3 Å². The molecule has 1 fully saturated rings. The van der Waals surface area contributed by atoms with Crippen molar-refractivity contribution in [2.24, 2.45) is 0 Å². The molecule has 1 saturated heterocycles. The summed E-state index contributed by atoms with van der Waals surface area (Å²) in [6.07, 6.45) is 3.66. The van der Waals surface area contributed by atoms with Crippen molar-refractivity contribution in [1.82, 2.24) is 14.5 Å². The minimum atomic E-state index is -0.174. The van der Waals surface area contributed by atoms with Crippen molar-refractivity contribution in [3.05, 3.63) is 36.0 Å². The molecule has 0 spiro atoms. The third-order valence-electron chi connectivity index (χ3n) is 3.86. The Balaban J connectivity index is 1.68. The van der Waals surface area contributed by atoms with Gasteiger partial charge in [-0.2, -0.15) is 0 Å². The van der Waals surface area contributed by atoms with Gasteiger partial charge in [-0.15, -0.1) is 5.10 Å². The Morgan fingerprint density at radius 2 is 2.29 bits per heavy atom. The number of nitrogens with zero attached hydrogens (tertiary/aromatic N) is 3. The Morgan fingerprint density at radius 3 is 2.92 bits per heavy atom. The van der Waals surface area contributed by atoms with E-state index in [0.29, 0.717) is 18.1 Å². The average Bonchev–Trinajstić information content (AvgIpc) is 3.29. The smallest absolute Gasteiger partial charge is 0.322 e. The van der Waals surface area contributed by atoms with E-state index in [0.717, 1.165) is 42.3 Å². The number of nitrogens with one attached hydrogen (secondary N) is 1. The second-order valence-corrected chi connectivity index (χ2v) is 6.36. The van der Waals surface area contributed by atoms with Gasteiger partial charge in [0.25, 0.3) is 0 Å². The van der Waals surface area contributed by atoms with Gasteiger partial charge in [-0.25, -0.2) is 4.79 Å². The summed E-state index contributed by atoms with van der Waals surface area (Å²) in [7, 11) is 1.63. The zero-order chi connectivity index (χ0) is 16.8. The summed E-state index contributed by atoms with van der Waals surface area (Å²) in [5.41, 5.74) is 1.03. The van der Waals surface area contributed by atoms with Gasteiger partial charge in [0.15, 0.2) is 0 Å². The van der Waals surface area contributed by atoms with E-state index in [1.54, 1.807) is 18.2 Å². The first kappa shape index (κ1) is 16.7.